The first kappa shape index (κ1) is 13.1. The minimum absolute atomic E-state index is 0.905. The molecule has 0 aliphatic carbocycles. The van der Waals surface area contributed by atoms with Crippen molar-refractivity contribution in [2.75, 3.05) is 29.5 Å². The third-order valence-corrected chi connectivity index (χ3v) is 4.20. The van der Waals surface area contributed by atoms with E-state index < -0.39 is 0 Å². The first-order valence-corrected chi connectivity index (χ1v) is 8.10. The zero-order valence-corrected chi connectivity index (χ0v) is 12.6. The van der Waals surface area contributed by atoms with Gasteiger partial charge < -0.3 is 4.90 Å². The summed E-state index contributed by atoms with van der Waals surface area (Å²) in [6, 6.07) is 2.04. The van der Waals surface area contributed by atoms with E-state index in [0.717, 1.165) is 42.2 Å². The first-order valence-electron chi connectivity index (χ1n) is 6.15. The molecule has 17 heavy (non-hydrogen) atoms. The van der Waals surface area contributed by atoms with Gasteiger partial charge in [-0.2, -0.15) is 11.8 Å². The molecule has 0 atom stereocenters. The fourth-order valence-corrected chi connectivity index (χ4v) is 3.22. The summed E-state index contributed by atoms with van der Waals surface area (Å²) in [4.78, 5) is 11.5. The molecule has 2 rings (SSSR count). The lowest BCUT2D eigenvalue weighted by atomic mass is 10.3. The molecule has 0 aromatic carbocycles. The van der Waals surface area contributed by atoms with Gasteiger partial charge in [0.05, 0.1) is 0 Å². The molecule has 1 aromatic heterocycles. The number of hydrogen-bond acceptors (Lipinski definition) is 4. The van der Waals surface area contributed by atoms with Crippen LogP contribution in [0.1, 0.15) is 25.6 Å². The first-order chi connectivity index (χ1) is 8.29. The van der Waals surface area contributed by atoms with E-state index in [9.17, 15) is 0 Å². The van der Waals surface area contributed by atoms with Crippen LogP contribution in [0.3, 0.4) is 0 Å². The molecule has 1 aliphatic rings. The molecule has 94 valence electrons. The third-order valence-electron chi connectivity index (χ3n) is 2.75. The minimum Gasteiger partial charge on any atom is -0.356 e. The summed E-state index contributed by atoms with van der Waals surface area (Å²) in [6.45, 7) is 4.37. The molecule has 3 nitrogen and oxygen atoms in total. The second-order valence-electron chi connectivity index (χ2n) is 4.17. The SMILES string of the molecule is CCCc1nc(Br)cc(N2CCCSCC2)n1. The lowest BCUT2D eigenvalue weighted by Crippen LogP contribution is -2.26. The van der Waals surface area contributed by atoms with Crippen LogP contribution in [0.25, 0.3) is 0 Å². The average molecular weight is 316 g/mol. The van der Waals surface area contributed by atoms with E-state index in [-0.39, 0.29) is 0 Å². The summed E-state index contributed by atoms with van der Waals surface area (Å²) in [5.41, 5.74) is 0. The fourth-order valence-electron chi connectivity index (χ4n) is 1.92. The Hall–Kier alpha value is -0.290. The van der Waals surface area contributed by atoms with Crippen molar-refractivity contribution < 1.29 is 0 Å². The van der Waals surface area contributed by atoms with Crippen molar-refractivity contribution in [1.29, 1.82) is 0 Å². The average Bonchev–Trinajstić information content (AvgIpc) is 2.57. The molecule has 0 radical (unpaired) electrons. The van der Waals surface area contributed by atoms with Gasteiger partial charge in [-0.05, 0) is 34.5 Å². The van der Waals surface area contributed by atoms with Crippen molar-refractivity contribution in [3.8, 4) is 0 Å². The second kappa shape index (κ2) is 6.59. The van der Waals surface area contributed by atoms with Crippen LogP contribution in [-0.4, -0.2) is 34.6 Å². The Balaban J connectivity index is 2.17. The second-order valence-corrected chi connectivity index (χ2v) is 6.21. The van der Waals surface area contributed by atoms with Crippen LogP contribution < -0.4 is 4.90 Å². The molecule has 0 amide bonds. The Labute approximate surface area is 116 Å². The summed E-state index contributed by atoms with van der Waals surface area (Å²) < 4.78 is 0.905. The smallest absolute Gasteiger partial charge is 0.133 e. The fraction of sp³-hybridized carbons (Fsp3) is 0.667. The zero-order chi connectivity index (χ0) is 12.1. The highest BCUT2D eigenvalue weighted by atomic mass is 79.9. The van der Waals surface area contributed by atoms with Gasteiger partial charge in [0.25, 0.3) is 0 Å². The van der Waals surface area contributed by atoms with Gasteiger partial charge in [0, 0.05) is 31.3 Å². The Kier molecular flexibility index (Phi) is 5.10. The molecule has 0 bridgehead atoms. The Morgan fingerprint density at radius 2 is 2.24 bits per heavy atom. The number of aryl methyl sites for hydroxylation is 1. The van der Waals surface area contributed by atoms with E-state index in [4.69, 9.17) is 0 Å². The molecule has 1 fully saturated rings. The number of nitrogens with zero attached hydrogens (tertiary/aromatic N) is 3. The molecule has 0 N–H and O–H groups in total. The number of halogens is 1. The predicted octanol–water partition coefficient (Wildman–Crippen LogP) is 3.13. The Bertz CT molecular complexity index is 365. The molecular weight excluding hydrogens is 298 g/mol. The molecule has 0 saturated carbocycles. The van der Waals surface area contributed by atoms with Gasteiger partial charge in [0.15, 0.2) is 0 Å². The molecule has 2 heterocycles. The number of aromatic nitrogens is 2. The van der Waals surface area contributed by atoms with Crippen LogP contribution in [0.15, 0.2) is 10.7 Å². The van der Waals surface area contributed by atoms with Crippen LogP contribution in [0.5, 0.6) is 0 Å². The Morgan fingerprint density at radius 3 is 3.06 bits per heavy atom. The molecule has 1 aliphatic heterocycles. The summed E-state index contributed by atoms with van der Waals surface area (Å²) in [5.74, 6) is 4.50. The third kappa shape index (κ3) is 3.85. The molecule has 5 heteroatoms. The molecule has 0 spiro atoms. The van der Waals surface area contributed by atoms with E-state index in [1.165, 1.54) is 17.9 Å². The highest BCUT2D eigenvalue weighted by molar-refractivity contribution is 9.10. The van der Waals surface area contributed by atoms with Gasteiger partial charge in [-0.1, -0.05) is 6.92 Å². The monoisotopic (exact) mass is 315 g/mol. The largest absolute Gasteiger partial charge is 0.356 e. The Morgan fingerprint density at radius 1 is 1.35 bits per heavy atom. The van der Waals surface area contributed by atoms with E-state index in [1.807, 2.05) is 17.8 Å². The maximum absolute atomic E-state index is 4.66. The number of anilines is 1. The topological polar surface area (TPSA) is 29.0 Å². The van der Waals surface area contributed by atoms with Gasteiger partial charge in [0.2, 0.25) is 0 Å². The summed E-state index contributed by atoms with van der Waals surface area (Å²) in [7, 11) is 0. The number of thioether (sulfide) groups is 1. The van der Waals surface area contributed by atoms with Gasteiger partial charge in [-0.25, -0.2) is 9.97 Å². The van der Waals surface area contributed by atoms with Crippen LogP contribution in [0.4, 0.5) is 5.82 Å². The van der Waals surface area contributed by atoms with E-state index in [2.05, 4.69) is 37.7 Å². The number of rotatable bonds is 3. The number of hydrogen-bond donors (Lipinski definition) is 0. The zero-order valence-electron chi connectivity index (χ0n) is 10.2. The summed E-state index contributed by atoms with van der Waals surface area (Å²) >= 11 is 5.52. The normalized spacial score (nSPS) is 16.9. The maximum Gasteiger partial charge on any atom is 0.133 e. The van der Waals surface area contributed by atoms with Crippen LogP contribution in [0.2, 0.25) is 0 Å². The minimum atomic E-state index is 0.905. The van der Waals surface area contributed by atoms with Gasteiger partial charge in [0.1, 0.15) is 16.2 Å². The van der Waals surface area contributed by atoms with Gasteiger partial charge in [-0.15, -0.1) is 0 Å². The van der Waals surface area contributed by atoms with Crippen LogP contribution in [-0.2, 0) is 6.42 Å². The lowest BCUT2D eigenvalue weighted by Gasteiger charge is -2.21. The van der Waals surface area contributed by atoms with Crippen LogP contribution in [0, 0.1) is 0 Å². The molecule has 0 unspecified atom stereocenters. The summed E-state index contributed by atoms with van der Waals surface area (Å²) in [5, 5.41) is 0. The van der Waals surface area contributed by atoms with Gasteiger partial charge >= 0.3 is 0 Å². The standard InChI is InChI=1S/C12H18BrN3S/c1-2-4-11-14-10(13)9-12(15-11)16-5-3-7-17-8-6-16/h9H,2-8H2,1H3. The van der Waals surface area contributed by atoms with Crippen molar-refractivity contribution in [2.45, 2.75) is 26.2 Å². The van der Waals surface area contributed by atoms with E-state index in [1.54, 1.807) is 0 Å². The molecule has 1 saturated heterocycles. The molecule has 1 aromatic rings. The van der Waals surface area contributed by atoms with Crippen molar-refractivity contribution in [3.63, 3.8) is 0 Å². The highest BCUT2D eigenvalue weighted by Gasteiger charge is 2.13. The summed E-state index contributed by atoms with van der Waals surface area (Å²) in [6.07, 6.45) is 3.29. The van der Waals surface area contributed by atoms with Crippen molar-refractivity contribution in [3.05, 3.63) is 16.5 Å². The van der Waals surface area contributed by atoms with Crippen molar-refractivity contribution >= 4 is 33.5 Å². The van der Waals surface area contributed by atoms with Crippen molar-refractivity contribution in [2.24, 2.45) is 0 Å². The highest BCUT2D eigenvalue weighted by Crippen LogP contribution is 2.20. The predicted molar refractivity (Wildman–Crippen MR) is 77.9 cm³/mol. The lowest BCUT2D eigenvalue weighted by molar-refractivity contribution is 0.771. The van der Waals surface area contributed by atoms with Crippen molar-refractivity contribution in [1.82, 2.24) is 9.97 Å². The van der Waals surface area contributed by atoms with E-state index in [0.29, 0.717) is 0 Å². The maximum atomic E-state index is 4.66. The quantitative estimate of drug-likeness (QED) is 0.801. The van der Waals surface area contributed by atoms with Crippen LogP contribution >= 0.6 is 27.7 Å². The van der Waals surface area contributed by atoms with Gasteiger partial charge in [-0.3, -0.25) is 0 Å². The molecular formula is C12H18BrN3S. The van der Waals surface area contributed by atoms with E-state index >= 15 is 0 Å².